The van der Waals surface area contributed by atoms with Crippen molar-refractivity contribution < 1.29 is 133 Å². The molecule has 4 saturated carbocycles. The SMILES string of the molecule is C/C=C(\C)C(=O)O[C@H]1[C@H](OC(C)=O)[C@@]2(CO)[C@H](CC1(C)C)C1=CC[C@@H]3[C@@]4(C)CC[C@H](O[C@@H]5O[C@H](C(=O)O)[C@@H](O)[C@H](O[C@@H]6OC[C@H](O)[C@H](O)[C@H]6O[C@@H]6OC[C@@H](O)[C@H](O)[C@H]6O)[C@H]5O[C@@H]5O[C@H](CO)[C@H](O)[C@H](O)[C@H]5O)C(C)(C)[C@H]4CC[C@@]3(C)[C@]1(C)C[C@H]2OC(C)=O. The molecule has 88 heavy (non-hydrogen) atoms. The van der Waals surface area contributed by atoms with Gasteiger partial charge in [0.25, 0.3) is 0 Å². The zero-order valence-electron chi connectivity index (χ0n) is 51.9. The van der Waals surface area contributed by atoms with E-state index in [1.54, 1.807) is 19.9 Å². The molecule has 8 fully saturated rings. The first kappa shape index (κ1) is 69.0. The van der Waals surface area contributed by atoms with Gasteiger partial charge < -0.3 is 113 Å². The summed E-state index contributed by atoms with van der Waals surface area (Å²) in [6.45, 7) is 17.9. The number of carboxylic acids is 1. The normalized spacial score (nSPS) is 49.1. The highest BCUT2D eigenvalue weighted by Crippen LogP contribution is 2.76. The van der Waals surface area contributed by atoms with Crippen molar-refractivity contribution in [3.8, 4) is 0 Å². The number of carbonyl (C=O) groups excluding carboxylic acids is 3. The maximum Gasteiger partial charge on any atom is 0.335 e. The number of allylic oxidation sites excluding steroid dienone is 3. The highest BCUT2D eigenvalue weighted by atomic mass is 16.8. The van der Waals surface area contributed by atoms with Crippen LogP contribution in [0.3, 0.4) is 0 Å². The van der Waals surface area contributed by atoms with E-state index in [4.69, 9.17) is 52.1 Å². The Hall–Kier alpha value is -3.40. The summed E-state index contributed by atoms with van der Waals surface area (Å²) in [5, 5.41) is 131. The lowest BCUT2D eigenvalue weighted by molar-refractivity contribution is -0.399. The second-order valence-corrected chi connectivity index (χ2v) is 28.2. The Labute approximate surface area is 511 Å². The van der Waals surface area contributed by atoms with Gasteiger partial charge in [-0.1, -0.05) is 66.2 Å². The number of hydrogen-bond acceptors (Lipinski definition) is 26. The Kier molecular flexibility index (Phi) is 20.0. The van der Waals surface area contributed by atoms with Crippen LogP contribution in [0.25, 0.3) is 0 Å². The zero-order valence-corrected chi connectivity index (χ0v) is 51.9. The van der Waals surface area contributed by atoms with Crippen molar-refractivity contribution in [1.29, 1.82) is 0 Å². The third-order valence-electron chi connectivity index (χ3n) is 22.5. The Balaban J connectivity index is 1.06. The molecular weight excluding hydrogens is 1160 g/mol. The quantitative estimate of drug-likeness (QED) is 0.0320. The molecule has 4 heterocycles. The summed E-state index contributed by atoms with van der Waals surface area (Å²) in [7, 11) is 0. The van der Waals surface area contributed by atoms with Crippen molar-refractivity contribution in [3.63, 3.8) is 0 Å². The van der Waals surface area contributed by atoms with Crippen LogP contribution in [0.4, 0.5) is 0 Å². The molecule has 0 unspecified atom stereocenters. The van der Waals surface area contributed by atoms with Gasteiger partial charge in [0, 0.05) is 24.8 Å². The van der Waals surface area contributed by atoms with Crippen LogP contribution in [0.15, 0.2) is 23.3 Å². The minimum absolute atomic E-state index is 0.0452. The maximum atomic E-state index is 13.6. The second-order valence-electron chi connectivity index (χ2n) is 28.2. The molecule has 0 spiro atoms. The van der Waals surface area contributed by atoms with E-state index in [1.807, 2.05) is 27.7 Å². The molecule has 9 aliphatic rings. The molecule has 9 rings (SSSR count). The third kappa shape index (κ3) is 11.6. The molecule has 27 heteroatoms. The molecule has 5 aliphatic carbocycles. The molecule has 0 aromatic carbocycles. The van der Waals surface area contributed by atoms with Gasteiger partial charge in [-0.2, -0.15) is 0 Å². The number of rotatable bonds is 15. The average molecular weight is 1260 g/mol. The molecule has 27 nitrogen and oxygen atoms in total. The molecule has 0 aromatic rings. The molecule has 0 aromatic heterocycles. The summed E-state index contributed by atoms with van der Waals surface area (Å²) in [4.78, 5) is 53.4. The number of aliphatic carboxylic acids is 1. The van der Waals surface area contributed by atoms with Gasteiger partial charge in [0.15, 0.2) is 37.4 Å². The first-order chi connectivity index (χ1) is 41.1. The summed E-state index contributed by atoms with van der Waals surface area (Å²) in [6.07, 6.45) is -30.8. The highest BCUT2D eigenvalue weighted by Gasteiger charge is 2.75. The molecule has 500 valence electrons. The van der Waals surface area contributed by atoms with Crippen molar-refractivity contribution >= 4 is 23.9 Å². The number of esters is 3. The van der Waals surface area contributed by atoms with Gasteiger partial charge >= 0.3 is 23.9 Å². The van der Waals surface area contributed by atoms with Crippen molar-refractivity contribution in [2.24, 2.45) is 50.2 Å². The molecule has 0 radical (unpaired) electrons. The minimum Gasteiger partial charge on any atom is -0.479 e. The summed E-state index contributed by atoms with van der Waals surface area (Å²) in [5.74, 6) is -4.30. The van der Waals surface area contributed by atoms with E-state index in [2.05, 4.69) is 26.8 Å². The number of fused-ring (bicyclic) bond motifs is 7. The zero-order chi connectivity index (χ0) is 64.9. The van der Waals surface area contributed by atoms with Crippen LogP contribution in [-0.2, 0) is 71.3 Å². The van der Waals surface area contributed by atoms with Gasteiger partial charge in [-0.15, -0.1) is 0 Å². The molecular formula is C61H94O27. The summed E-state index contributed by atoms with van der Waals surface area (Å²) < 4.78 is 67.6. The van der Waals surface area contributed by atoms with E-state index in [0.29, 0.717) is 44.1 Å². The fourth-order valence-corrected chi connectivity index (χ4v) is 17.5. The monoisotopic (exact) mass is 1260 g/mol. The van der Waals surface area contributed by atoms with Crippen LogP contribution in [0, 0.1) is 50.2 Å². The molecule has 0 amide bonds. The van der Waals surface area contributed by atoms with Gasteiger partial charge in [0.2, 0.25) is 0 Å². The van der Waals surface area contributed by atoms with Crippen molar-refractivity contribution in [2.75, 3.05) is 26.4 Å². The first-order valence-electron chi connectivity index (χ1n) is 30.7. The molecule has 4 aliphatic heterocycles. The third-order valence-corrected chi connectivity index (χ3v) is 22.5. The number of hydrogen-bond donors (Lipinski definition) is 12. The van der Waals surface area contributed by atoms with Crippen LogP contribution in [0.5, 0.6) is 0 Å². The second kappa shape index (κ2) is 25.5. The number of carboxylic acid groups (broad SMARTS) is 1. The topological polar surface area (TPSA) is 413 Å². The van der Waals surface area contributed by atoms with Crippen LogP contribution in [0.1, 0.15) is 121 Å². The van der Waals surface area contributed by atoms with Gasteiger partial charge in [-0.25, -0.2) is 9.59 Å². The molecule has 29 atom stereocenters. The van der Waals surface area contributed by atoms with Crippen LogP contribution in [-0.4, -0.2) is 247 Å². The number of aliphatic hydroxyl groups is 11. The van der Waals surface area contributed by atoms with E-state index in [-0.39, 0.29) is 18.3 Å². The van der Waals surface area contributed by atoms with Gasteiger partial charge in [-0.05, 0) is 98.2 Å². The standard InChI is InChI=1S/C61H94O27/c1-12-25(2)51(77)88-48-49(81-27(4)65)61(24-63)29(19-56(48,5)6)28-13-14-34-58(9)17-16-35(57(7,8)33(58)15-18-59(34,10)60(28,11)20-36(61)80-26(3)64)83-55-47(87-53-42(73)40(71)39(70)32(21-62)82-53)44(43(74)45(85-55)50(75)76)84-54-46(38(69)31(67)23-79-54)86-52-41(72)37(68)30(66)22-78-52/h12-13,29-49,52-55,62-63,66-74H,14-24H2,1-11H3,(H,75,76)/b25-12+/t29-,30-,31+,32-,33-,34-,35+,36-,37+,38+,39+,40+,41-,42-,43+,44+,45+,46-,47-,48+,49+,52+,53+,54+,55-,58+,59-,60-,61+/m1/s1. The number of aliphatic hydroxyl groups excluding tert-OH is 11. The highest BCUT2D eigenvalue weighted by molar-refractivity contribution is 5.87. The molecule has 0 bridgehead atoms. The average Bonchev–Trinajstić information content (AvgIpc) is 0.678. The lowest BCUT2D eigenvalue weighted by Crippen LogP contribution is -2.73. The predicted molar refractivity (Wildman–Crippen MR) is 298 cm³/mol. The van der Waals surface area contributed by atoms with Gasteiger partial charge in [0.05, 0.1) is 37.9 Å². The summed E-state index contributed by atoms with van der Waals surface area (Å²) in [6, 6.07) is 0. The first-order valence-corrected chi connectivity index (χ1v) is 30.7. The Morgan fingerprint density at radius 3 is 1.84 bits per heavy atom. The molecule has 4 saturated heterocycles. The Morgan fingerprint density at radius 2 is 1.23 bits per heavy atom. The van der Waals surface area contributed by atoms with Gasteiger partial charge in [0.1, 0.15) is 91.6 Å². The summed E-state index contributed by atoms with van der Waals surface area (Å²) in [5.41, 5.74) is -3.40. The fourth-order valence-electron chi connectivity index (χ4n) is 17.5. The Morgan fingerprint density at radius 1 is 0.614 bits per heavy atom. The fraction of sp³-hybridized carbons (Fsp3) is 0.869. The summed E-state index contributed by atoms with van der Waals surface area (Å²) >= 11 is 0. The van der Waals surface area contributed by atoms with Crippen LogP contribution in [0.2, 0.25) is 0 Å². The molecule has 12 N–H and O–H groups in total. The predicted octanol–water partition coefficient (Wildman–Crippen LogP) is -0.620. The van der Waals surface area contributed by atoms with Crippen molar-refractivity contribution in [2.45, 2.75) is 256 Å². The lowest BCUT2D eigenvalue weighted by atomic mass is 9.33. The van der Waals surface area contributed by atoms with E-state index in [9.17, 15) is 80.5 Å². The minimum atomic E-state index is -2.22. The van der Waals surface area contributed by atoms with E-state index in [0.717, 1.165) is 5.57 Å². The van der Waals surface area contributed by atoms with E-state index in [1.165, 1.54) is 13.8 Å². The van der Waals surface area contributed by atoms with Crippen molar-refractivity contribution in [1.82, 2.24) is 0 Å². The maximum absolute atomic E-state index is 13.6. The van der Waals surface area contributed by atoms with Crippen LogP contribution >= 0.6 is 0 Å². The lowest BCUT2D eigenvalue weighted by Gasteiger charge is -2.72. The largest absolute Gasteiger partial charge is 0.479 e. The smallest absolute Gasteiger partial charge is 0.335 e. The number of ether oxygens (including phenoxy) is 11. The van der Waals surface area contributed by atoms with E-state index < -0.39 is 224 Å². The Bertz CT molecular complexity index is 2610. The van der Waals surface area contributed by atoms with Gasteiger partial charge in [-0.3, -0.25) is 9.59 Å². The van der Waals surface area contributed by atoms with E-state index >= 15 is 0 Å². The van der Waals surface area contributed by atoms with Crippen LogP contribution < -0.4 is 0 Å². The number of carbonyl (C=O) groups is 4. The van der Waals surface area contributed by atoms with Crippen molar-refractivity contribution in [3.05, 3.63) is 23.3 Å².